The van der Waals surface area contributed by atoms with Crippen molar-refractivity contribution in [1.82, 2.24) is 15.2 Å². The molecule has 0 aliphatic carbocycles. The van der Waals surface area contributed by atoms with Crippen LogP contribution in [0.5, 0.6) is 5.75 Å². The van der Waals surface area contributed by atoms with E-state index in [0.717, 1.165) is 49.6 Å². The molecule has 0 radical (unpaired) electrons. The van der Waals surface area contributed by atoms with Crippen molar-refractivity contribution in [3.63, 3.8) is 0 Å². The van der Waals surface area contributed by atoms with Crippen LogP contribution in [-0.2, 0) is 24.3 Å². The number of unbranched alkanes of at least 4 members (excludes halogenated alkanes) is 1. The number of carbonyl (C=O) groups is 1. The highest BCUT2D eigenvalue weighted by atomic mass is 16.5. The number of nitrogens with zero attached hydrogens (tertiary/aromatic N) is 2. The Kier molecular flexibility index (Phi) is 8.10. The molecule has 0 fully saturated rings. The summed E-state index contributed by atoms with van der Waals surface area (Å²) >= 11 is 0. The maximum absolute atomic E-state index is 11.6. The molecule has 1 aromatic heterocycles. The Morgan fingerprint density at radius 2 is 2.27 bits per heavy atom. The number of fused-ring (bicyclic) bond motifs is 1. The number of alkyl carbamates (subject to hydrolysis) is 1. The summed E-state index contributed by atoms with van der Waals surface area (Å²) in [6.45, 7) is 6.98. The Bertz CT molecular complexity index is 823. The Morgan fingerprint density at radius 3 is 3.03 bits per heavy atom. The highest BCUT2D eigenvalue weighted by Crippen LogP contribution is 2.24. The Morgan fingerprint density at radius 1 is 1.40 bits per heavy atom. The highest BCUT2D eigenvalue weighted by Gasteiger charge is 2.20. The molecule has 0 saturated carbocycles. The Labute approximate surface area is 177 Å². The minimum Gasteiger partial charge on any atom is -0.486 e. The number of aliphatic hydroxyl groups is 1. The summed E-state index contributed by atoms with van der Waals surface area (Å²) in [5.41, 5.74) is 3.32. The molecule has 1 amide bonds. The van der Waals surface area contributed by atoms with Crippen LogP contribution in [0.4, 0.5) is 4.79 Å². The van der Waals surface area contributed by atoms with Gasteiger partial charge in [0, 0.05) is 26.2 Å². The van der Waals surface area contributed by atoms with Crippen molar-refractivity contribution in [2.24, 2.45) is 0 Å². The number of ether oxygens (including phenoxy) is 2. The number of β-amino-alcohol motifs (C(OH)–C–C–N with tert-alkyl or cyclic N) is 1. The Hall–Kier alpha value is -2.58. The number of hydrogen-bond donors (Lipinski definition) is 2. The van der Waals surface area contributed by atoms with Gasteiger partial charge in [0.1, 0.15) is 12.4 Å². The summed E-state index contributed by atoms with van der Waals surface area (Å²) in [4.78, 5) is 17.8. The quantitative estimate of drug-likeness (QED) is 0.574. The zero-order chi connectivity index (χ0) is 21.3. The number of aliphatic hydroxyl groups excluding tert-OH is 1. The first-order valence-electron chi connectivity index (χ1n) is 10.5. The molecule has 8 heteroatoms. The zero-order valence-electron chi connectivity index (χ0n) is 17.7. The van der Waals surface area contributed by atoms with Crippen LogP contribution >= 0.6 is 0 Å². The molecule has 0 saturated heterocycles. The second-order valence-corrected chi connectivity index (χ2v) is 7.59. The second kappa shape index (κ2) is 11.0. The van der Waals surface area contributed by atoms with Gasteiger partial charge in [-0.05, 0) is 43.0 Å². The molecular weight excluding hydrogens is 386 g/mol. The topological polar surface area (TPSA) is 97.1 Å². The number of aryl methyl sites for hydroxylation is 1. The summed E-state index contributed by atoms with van der Waals surface area (Å²) < 4.78 is 16.2. The summed E-state index contributed by atoms with van der Waals surface area (Å²) in [6.07, 6.45) is 3.01. The fourth-order valence-electron chi connectivity index (χ4n) is 3.37. The number of carbonyl (C=O) groups excluding carboxylic acids is 1. The van der Waals surface area contributed by atoms with Crippen LogP contribution < -0.4 is 10.1 Å². The molecule has 0 spiro atoms. The van der Waals surface area contributed by atoms with E-state index in [1.54, 1.807) is 0 Å². The lowest BCUT2D eigenvalue weighted by molar-refractivity contribution is 0.0966. The van der Waals surface area contributed by atoms with Crippen LogP contribution in [0.3, 0.4) is 0 Å². The summed E-state index contributed by atoms with van der Waals surface area (Å²) in [7, 11) is 0. The van der Waals surface area contributed by atoms with Crippen molar-refractivity contribution in [3.8, 4) is 5.75 Å². The van der Waals surface area contributed by atoms with E-state index in [9.17, 15) is 9.90 Å². The van der Waals surface area contributed by atoms with Crippen LogP contribution in [0.25, 0.3) is 0 Å². The number of amides is 1. The third-order valence-electron chi connectivity index (χ3n) is 5.17. The summed E-state index contributed by atoms with van der Waals surface area (Å²) in [6, 6.07) is 6.10. The highest BCUT2D eigenvalue weighted by molar-refractivity contribution is 5.67. The molecule has 1 atom stereocenters. The maximum Gasteiger partial charge on any atom is 0.407 e. The number of aromatic nitrogens is 1. The average Bonchev–Trinajstić information content (AvgIpc) is 3.15. The van der Waals surface area contributed by atoms with E-state index < -0.39 is 12.2 Å². The van der Waals surface area contributed by atoms with Gasteiger partial charge in [0.25, 0.3) is 0 Å². The van der Waals surface area contributed by atoms with Gasteiger partial charge in [0.05, 0.1) is 18.4 Å². The summed E-state index contributed by atoms with van der Waals surface area (Å²) in [5, 5.41) is 12.9. The molecule has 164 valence electrons. The molecule has 1 aromatic carbocycles. The number of nitrogens with one attached hydrogen (secondary N) is 1. The van der Waals surface area contributed by atoms with Crippen molar-refractivity contribution < 1.29 is 23.8 Å². The monoisotopic (exact) mass is 417 g/mol. The van der Waals surface area contributed by atoms with Gasteiger partial charge in [-0.25, -0.2) is 9.78 Å². The van der Waals surface area contributed by atoms with Gasteiger partial charge in [0.15, 0.2) is 12.2 Å². The van der Waals surface area contributed by atoms with E-state index in [0.29, 0.717) is 19.8 Å². The number of oxazole rings is 1. The van der Waals surface area contributed by atoms with E-state index in [4.69, 9.17) is 13.9 Å². The third kappa shape index (κ3) is 6.47. The standard InChI is InChI=1S/C22H31N3O5/c1-3-4-9-28-22(27)23-11-19(26)13-25-8-7-17-10-20(6-5-18(17)12-25)29-14-21-16(2)24-15-30-21/h5-6,10,15,19,26H,3-4,7-9,11-14H2,1-2H3,(H,23,27)/t19-/m1/s1. The summed E-state index contributed by atoms with van der Waals surface area (Å²) in [5.74, 6) is 1.54. The van der Waals surface area contributed by atoms with E-state index in [1.807, 2.05) is 19.9 Å². The van der Waals surface area contributed by atoms with Crippen molar-refractivity contribution in [3.05, 3.63) is 47.2 Å². The number of benzene rings is 1. The Balaban J connectivity index is 1.43. The van der Waals surface area contributed by atoms with Gasteiger partial charge in [-0.2, -0.15) is 0 Å². The van der Waals surface area contributed by atoms with Crippen molar-refractivity contribution in [1.29, 1.82) is 0 Å². The van der Waals surface area contributed by atoms with Crippen LogP contribution in [0.15, 0.2) is 29.0 Å². The smallest absolute Gasteiger partial charge is 0.407 e. The third-order valence-corrected chi connectivity index (χ3v) is 5.17. The molecule has 0 bridgehead atoms. The molecule has 1 aliphatic rings. The molecule has 2 N–H and O–H groups in total. The molecule has 2 heterocycles. The molecule has 3 rings (SSSR count). The molecule has 30 heavy (non-hydrogen) atoms. The minimum atomic E-state index is -0.641. The predicted molar refractivity (Wildman–Crippen MR) is 111 cm³/mol. The van der Waals surface area contributed by atoms with Crippen LogP contribution in [0.2, 0.25) is 0 Å². The van der Waals surface area contributed by atoms with Crippen molar-refractivity contribution in [2.75, 3.05) is 26.2 Å². The molecule has 1 aliphatic heterocycles. The van der Waals surface area contributed by atoms with Crippen LogP contribution in [0, 0.1) is 6.92 Å². The largest absolute Gasteiger partial charge is 0.486 e. The van der Waals surface area contributed by atoms with Gasteiger partial charge < -0.3 is 24.3 Å². The maximum atomic E-state index is 11.6. The number of hydrogen-bond acceptors (Lipinski definition) is 7. The molecule has 0 unspecified atom stereocenters. The van der Waals surface area contributed by atoms with Crippen LogP contribution in [0.1, 0.15) is 42.3 Å². The minimum absolute atomic E-state index is 0.183. The van der Waals surface area contributed by atoms with Gasteiger partial charge in [-0.3, -0.25) is 4.90 Å². The van der Waals surface area contributed by atoms with Gasteiger partial charge in [0.2, 0.25) is 0 Å². The predicted octanol–water partition coefficient (Wildman–Crippen LogP) is 2.81. The van der Waals surface area contributed by atoms with E-state index in [2.05, 4.69) is 27.3 Å². The molecular formula is C22H31N3O5. The van der Waals surface area contributed by atoms with Gasteiger partial charge in [-0.15, -0.1) is 0 Å². The van der Waals surface area contributed by atoms with E-state index in [-0.39, 0.29) is 6.54 Å². The molecule has 8 nitrogen and oxygen atoms in total. The zero-order valence-corrected chi connectivity index (χ0v) is 17.7. The van der Waals surface area contributed by atoms with Crippen molar-refractivity contribution in [2.45, 2.75) is 52.4 Å². The molecule has 2 aromatic rings. The first-order valence-corrected chi connectivity index (χ1v) is 10.5. The fourth-order valence-corrected chi connectivity index (χ4v) is 3.37. The first kappa shape index (κ1) is 22.1. The average molecular weight is 418 g/mol. The van der Waals surface area contributed by atoms with Gasteiger partial charge in [-0.1, -0.05) is 19.4 Å². The van der Waals surface area contributed by atoms with E-state index >= 15 is 0 Å². The number of rotatable bonds is 10. The normalized spacial score (nSPS) is 14.8. The lowest BCUT2D eigenvalue weighted by Crippen LogP contribution is -2.42. The lowest BCUT2D eigenvalue weighted by Gasteiger charge is -2.30. The SMILES string of the molecule is CCCCOC(=O)NC[C@@H](O)CN1CCc2cc(OCc3ocnc3C)ccc2C1. The first-order chi connectivity index (χ1) is 14.5. The lowest BCUT2D eigenvalue weighted by atomic mass is 9.99. The van der Waals surface area contributed by atoms with E-state index in [1.165, 1.54) is 17.5 Å². The second-order valence-electron chi connectivity index (χ2n) is 7.59. The van der Waals surface area contributed by atoms with Crippen molar-refractivity contribution >= 4 is 6.09 Å². The fraction of sp³-hybridized carbons (Fsp3) is 0.545. The van der Waals surface area contributed by atoms with Gasteiger partial charge >= 0.3 is 6.09 Å². The van der Waals surface area contributed by atoms with Crippen LogP contribution in [-0.4, -0.2) is 53.4 Å².